The van der Waals surface area contributed by atoms with Crippen molar-refractivity contribution in [3.05, 3.63) is 30.1 Å². The SMILES string of the molecule is CS(=O)(=O)CCn1cnc2cc(C(=O)N3C4CCC3CC(O)C4)ccc21. The van der Waals surface area contributed by atoms with Crippen molar-refractivity contribution in [3.63, 3.8) is 0 Å². The fourth-order valence-electron chi connectivity index (χ4n) is 4.27. The summed E-state index contributed by atoms with van der Waals surface area (Å²) in [6, 6.07) is 5.64. The van der Waals surface area contributed by atoms with E-state index in [4.69, 9.17) is 0 Å². The summed E-state index contributed by atoms with van der Waals surface area (Å²) in [4.78, 5) is 19.3. The number of aliphatic hydroxyl groups excluding tert-OH is 1. The Kier molecular flexibility index (Phi) is 4.27. The second-order valence-electron chi connectivity index (χ2n) is 7.49. The summed E-state index contributed by atoms with van der Waals surface area (Å²) in [6.45, 7) is 0.344. The smallest absolute Gasteiger partial charge is 0.254 e. The lowest BCUT2D eigenvalue weighted by Crippen LogP contribution is -2.48. The van der Waals surface area contributed by atoms with Crippen LogP contribution in [0.15, 0.2) is 24.5 Å². The van der Waals surface area contributed by atoms with Gasteiger partial charge in [-0.15, -0.1) is 0 Å². The fraction of sp³-hybridized carbons (Fsp3) is 0.556. The van der Waals surface area contributed by atoms with E-state index < -0.39 is 9.84 Å². The standard InChI is InChI=1S/C18H23N3O4S/c1-26(24,25)7-6-20-11-19-16-8-12(2-5-17(16)20)18(23)21-13-3-4-14(21)10-15(22)9-13/h2,5,8,11,13-15,22H,3-4,6-7,9-10H2,1H3. The second-order valence-corrected chi connectivity index (χ2v) is 9.75. The van der Waals surface area contributed by atoms with Crippen LogP contribution in [0, 0.1) is 0 Å². The number of aliphatic hydroxyl groups is 1. The van der Waals surface area contributed by atoms with Crippen LogP contribution in [-0.2, 0) is 16.4 Å². The minimum absolute atomic E-state index is 0.00279. The van der Waals surface area contributed by atoms with Crippen LogP contribution in [0.2, 0.25) is 0 Å². The van der Waals surface area contributed by atoms with E-state index in [0.29, 0.717) is 30.5 Å². The van der Waals surface area contributed by atoms with Crippen LogP contribution in [0.5, 0.6) is 0 Å². The number of carbonyl (C=O) groups is 1. The van der Waals surface area contributed by atoms with Gasteiger partial charge in [-0.2, -0.15) is 0 Å². The van der Waals surface area contributed by atoms with Crippen molar-refractivity contribution in [2.24, 2.45) is 0 Å². The molecule has 2 aliphatic heterocycles. The topological polar surface area (TPSA) is 92.5 Å². The van der Waals surface area contributed by atoms with Crippen molar-refractivity contribution in [1.82, 2.24) is 14.5 Å². The number of carbonyl (C=O) groups excluding carboxylic acids is 1. The number of hydrogen-bond acceptors (Lipinski definition) is 5. The van der Waals surface area contributed by atoms with E-state index in [1.807, 2.05) is 11.0 Å². The van der Waals surface area contributed by atoms with Gasteiger partial charge in [-0.25, -0.2) is 13.4 Å². The highest BCUT2D eigenvalue weighted by Crippen LogP contribution is 2.37. The summed E-state index contributed by atoms with van der Waals surface area (Å²) < 4.78 is 24.5. The van der Waals surface area contributed by atoms with Gasteiger partial charge in [-0.1, -0.05) is 0 Å². The molecule has 4 rings (SSSR count). The predicted molar refractivity (Wildman–Crippen MR) is 97.7 cm³/mol. The Labute approximate surface area is 152 Å². The number of hydrogen-bond donors (Lipinski definition) is 1. The molecule has 1 aromatic carbocycles. The normalized spacial score (nSPS) is 25.8. The molecular formula is C18H23N3O4S. The first-order chi connectivity index (χ1) is 12.3. The van der Waals surface area contributed by atoms with Crippen LogP contribution in [0.4, 0.5) is 0 Å². The van der Waals surface area contributed by atoms with E-state index in [1.165, 1.54) is 6.26 Å². The van der Waals surface area contributed by atoms with Gasteiger partial charge in [0.15, 0.2) is 0 Å². The molecule has 0 aliphatic carbocycles. The molecule has 2 fully saturated rings. The van der Waals surface area contributed by atoms with Crippen molar-refractivity contribution < 1.29 is 18.3 Å². The molecule has 0 radical (unpaired) electrons. The van der Waals surface area contributed by atoms with Gasteiger partial charge >= 0.3 is 0 Å². The highest BCUT2D eigenvalue weighted by Gasteiger charge is 2.42. The van der Waals surface area contributed by atoms with Crippen molar-refractivity contribution >= 4 is 26.8 Å². The molecule has 2 aromatic rings. The Morgan fingerprint density at radius 2 is 1.96 bits per heavy atom. The number of aryl methyl sites for hydroxylation is 1. The Bertz CT molecular complexity index is 938. The minimum atomic E-state index is -3.04. The van der Waals surface area contributed by atoms with E-state index in [0.717, 1.165) is 18.4 Å². The monoisotopic (exact) mass is 377 g/mol. The van der Waals surface area contributed by atoms with E-state index in [2.05, 4.69) is 4.98 Å². The fourth-order valence-corrected chi connectivity index (χ4v) is 4.80. The summed E-state index contributed by atoms with van der Waals surface area (Å²) in [5, 5.41) is 9.92. The average molecular weight is 377 g/mol. The molecule has 8 heteroatoms. The van der Waals surface area contributed by atoms with Gasteiger partial charge in [0.25, 0.3) is 5.91 Å². The Morgan fingerprint density at radius 1 is 1.27 bits per heavy atom. The Morgan fingerprint density at radius 3 is 2.62 bits per heavy atom. The van der Waals surface area contributed by atoms with Crippen LogP contribution in [0.1, 0.15) is 36.0 Å². The molecule has 3 heterocycles. The van der Waals surface area contributed by atoms with Crippen LogP contribution >= 0.6 is 0 Å². The van der Waals surface area contributed by atoms with Crippen molar-refractivity contribution in [3.8, 4) is 0 Å². The molecule has 2 atom stereocenters. The van der Waals surface area contributed by atoms with Crippen LogP contribution < -0.4 is 0 Å². The molecule has 140 valence electrons. The molecule has 2 bridgehead atoms. The molecule has 0 spiro atoms. The molecular weight excluding hydrogens is 354 g/mol. The number of nitrogens with zero attached hydrogens (tertiary/aromatic N) is 3. The zero-order valence-electron chi connectivity index (χ0n) is 14.7. The zero-order chi connectivity index (χ0) is 18.5. The van der Waals surface area contributed by atoms with Crippen LogP contribution in [0.3, 0.4) is 0 Å². The first kappa shape index (κ1) is 17.5. The molecule has 2 unspecified atom stereocenters. The molecule has 1 aromatic heterocycles. The number of amides is 1. The van der Waals surface area contributed by atoms with Gasteiger partial charge in [0.1, 0.15) is 9.84 Å². The zero-order valence-corrected chi connectivity index (χ0v) is 15.5. The van der Waals surface area contributed by atoms with Gasteiger partial charge in [0.2, 0.25) is 0 Å². The Balaban J connectivity index is 1.57. The van der Waals surface area contributed by atoms with Crippen LogP contribution in [0.25, 0.3) is 11.0 Å². The number of sulfone groups is 1. The molecule has 2 saturated heterocycles. The minimum Gasteiger partial charge on any atom is -0.393 e. The molecule has 2 aliphatic rings. The summed E-state index contributed by atoms with van der Waals surface area (Å²) in [6.07, 6.45) is 5.75. The lowest BCUT2D eigenvalue weighted by molar-refractivity contribution is 0.0287. The highest BCUT2D eigenvalue weighted by molar-refractivity contribution is 7.90. The van der Waals surface area contributed by atoms with Crippen molar-refractivity contribution in [2.45, 2.75) is 50.4 Å². The Hall–Kier alpha value is -1.93. The first-order valence-corrected chi connectivity index (χ1v) is 11.0. The third-order valence-corrected chi connectivity index (χ3v) is 6.44. The third-order valence-electron chi connectivity index (χ3n) is 5.51. The number of piperidine rings is 1. The number of imidazole rings is 1. The maximum atomic E-state index is 13.0. The lowest BCUT2D eigenvalue weighted by atomic mass is 9.98. The van der Waals surface area contributed by atoms with Gasteiger partial charge in [-0.3, -0.25) is 4.79 Å². The van der Waals surface area contributed by atoms with E-state index in [1.54, 1.807) is 23.0 Å². The van der Waals surface area contributed by atoms with Crippen molar-refractivity contribution in [2.75, 3.05) is 12.0 Å². The molecule has 1 N–H and O–H groups in total. The van der Waals surface area contributed by atoms with Gasteiger partial charge in [-0.05, 0) is 43.9 Å². The maximum absolute atomic E-state index is 13.0. The predicted octanol–water partition coefficient (Wildman–Crippen LogP) is 1.21. The number of benzene rings is 1. The number of fused-ring (bicyclic) bond motifs is 3. The van der Waals surface area contributed by atoms with Gasteiger partial charge in [0.05, 0.1) is 29.2 Å². The van der Waals surface area contributed by atoms with E-state index >= 15 is 0 Å². The number of aromatic nitrogens is 2. The summed E-state index contributed by atoms with van der Waals surface area (Å²) in [5.41, 5.74) is 2.11. The summed E-state index contributed by atoms with van der Waals surface area (Å²) in [7, 11) is -3.04. The van der Waals surface area contributed by atoms with Crippen LogP contribution in [-0.4, -0.2) is 64.1 Å². The van der Waals surface area contributed by atoms with E-state index in [-0.39, 0.29) is 29.8 Å². The first-order valence-electron chi connectivity index (χ1n) is 8.95. The van der Waals surface area contributed by atoms with Gasteiger partial charge < -0.3 is 14.6 Å². The molecule has 7 nitrogen and oxygen atoms in total. The third kappa shape index (κ3) is 3.23. The summed E-state index contributed by atoms with van der Waals surface area (Å²) in [5.74, 6) is 0.0514. The van der Waals surface area contributed by atoms with Crippen molar-refractivity contribution in [1.29, 1.82) is 0 Å². The quantitative estimate of drug-likeness (QED) is 0.865. The number of rotatable bonds is 4. The maximum Gasteiger partial charge on any atom is 0.254 e. The largest absolute Gasteiger partial charge is 0.393 e. The second kappa shape index (κ2) is 6.35. The lowest BCUT2D eigenvalue weighted by Gasteiger charge is -2.37. The molecule has 26 heavy (non-hydrogen) atoms. The highest BCUT2D eigenvalue weighted by atomic mass is 32.2. The molecule has 0 saturated carbocycles. The molecule has 1 amide bonds. The summed E-state index contributed by atoms with van der Waals surface area (Å²) >= 11 is 0. The van der Waals surface area contributed by atoms with Gasteiger partial charge in [0, 0.05) is 30.4 Å². The van der Waals surface area contributed by atoms with E-state index in [9.17, 15) is 18.3 Å². The average Bonchev–Trinajstić information content (AvgIpc) is 3.10.